The molecule has 1 saturated carbocycles. The number of nitrogens with zero attached hydrogens (tertiary/aromatic N) is 2. The van der Waals surface area contributed by atoms with E-state index in [9.17, 15) is 9.59 Å². The van der Waals surface area contributed by atoms with Gasteiger partial charge in [0.15, 0.2) is 0 Å². The zero-order valence-corrected chi connectivity index (χ0v) is 17.0. The average Bonchev–Trinajstić information content (AvgIpc) is 3.22. The molecule has 150 valence electrons. The van der Waals surface area contributed by atoms with E-state index in [1.54, 1.807) is 11.8 Å². The number of hydrogen-bond acceptors (Lipinski definition) is 5. The smallest absolute Gasteiger partial charge is 0.253 e. The van der Waals surface area contributed by atoms with Gasteiger partial charge >= 0.3 is 0 Å². The van der Waals surface area contributed by atoms with Crippen LogP contribution in [0, 0.1) is 0 Å². The Hall–Kier alpha value is -2.28. The molecule has 1 heterocycles. The number of thioether (sulfide) groups is 1. The average molecular weight is 402 g/mol. The molecule has 0 unspecified atom stereocenters. The van der Waals surface area contributed by atoms with Gasteiger partial charge in [-0.2, -0.15) is 0 Å². The summed E-state index contributed by atoms with van der Waals surface area (Å²) >= 11 is 1.74. The molecule has 6 nitrogen and oxygen atoms in total. The van der Waals surface area contributed by atoms with Crippen LogP contribution in [0.15, 0.2) is 41.5 Å². The molecule has 1 amide bonds. The fourth-order valence-corrected chi connectivity index (χ4v) is 4.41. The third-order valence-corrected chi connectivity index (χ3v) is 6.14. The Balaban J connectivity index is 1.48. The van der Waals surface area contributed by atoms with Gasteiger partial charge in [-0.1, -0.05) is 12.8 Å². The minimum absolute atomic E-state index is 0.0314. The third kappa shape index (κ3) is 5.86. The molecule has 2 aromatic rings. The standard InChI is InChI=1S/C21H27N3O3S/c1-2-27-17-9-7-16(8-10-17)19-13-21(26)24(15-23-19)12-11-22-20(25)14-28-18-5-3-4-6-18/h7-10,13,15,18H,2-6,11-12,14H2,1H3,(H,22,25). The van der Waals surface area contributed by atoms with E-state index >= 15 is 0 Å². The van der Waals surface area contributed by atoms with Gasteiger partial charge in [-0.05, 0) is 44.0 Å². The quantitative estimate of drug-likeness (QED) is 0.699. The van der Waals surface area contributed by atoms with Gasteiger partial charge in [-0.3, -0.25) is 14.2 Å². The first kappa shape index (κ1) is 20.5. The van der Waals surface area contributed by atoms with E-state index in [2.05, 4.69) is 10.3 Å². The summed E-state index contributed by atoms with van der Waals surface area (Å²) in [6.07, 6.45) is 6.54. The number of benzene rings is 1. The maximum atomic E-state index is 12.3. The maximum Gasteiger partial charge on any atom is 0.253 e. The van der Waals surface area contributed by atoms with Crippen molar-refractivity contribution in [3.8, 4) is 17.0 Å². The molecule has 0 saturated heterocycles. The molecule has 28 heavy (non-hydrogen) atoms. The Morgan fingerprint density at radius 1 is 1.29 bits per heavy atom. The van der Waals surface area contributed by atoms with E-state index in [0.717, 1.165) is 11.3 Å². The van der Waals surface area contributed by atoms with Crippen molar-refractivity contribution in [2.24, 2.45) is 0 Å². The first-order valence-corrected chi connectivity index (χ1v) is 10.9. The maximum absolute atomic E-state index is 12.3. The Labute approximate surface area is 169 Å². The van der Waals surface area contributed by atoms with E-state index in [1.165, 1.54) is 42.6 Å². The van der Waals surface area contributed by atoms with Gasteiger partial charge < -0.3 is 10.1 Å². The van der Waals surface area contributed by atoms with Crippen molar-refractivity contribution >= 4 is 17.7 Å². The lowest BCUT2D eigenvalue weighted by atomic mass is 10.1. The van der Waals surface area contributed by atoms with Crippen LogP contribution in [0.4, 0.5) is 0 Å². The third-order valence-electron chi connectivity index (χ3n) is 4.77. The topological polar surface area (TPSA) is 73.2 Å². The van der Waals surface area contributed by atoms with Crippen LogP contribution in [0.5, 0.6) is 5.75 Å². The minimum atomic E-state index is -0.131. The molecule has 1 aromatic heterocycles. The van der Waals surface area contributed by atoms with Gasteiger partial charge in [0.05, 0.1) is 24.4 Å². The van der Waals surface area contributed by atoms with Gasteiger partial charge in [0, 0.05) is 30.0 Å². The van der Waals surface area contributed by atoms with Crippen molar-refractivity contribution in [3.63, 3.8) is 0 Å². The number of hydrogen-bond donors (Lipinski definition) is 1. The number of ether oxygens (including phenoxy) is 1. The first-order valence-electron chi connectivity index (χ1n) is 9.83. The van der Waals surface area contributed by atoms with Crippen LogP contribution in [-0.2, 0) is 11.3 Å². The zero-order valence-electron chi connectivity index (χ0n) is 16.2. The molecule has 0 bridgehead atoms. The van der Waals surface area contributed by atoms with Crippen molar-refractivity contribution in [1.29, 1.82) is 0 Å². The summed E-state index contributed by atoms with van der Waals surface area (Å²) in [6.45, 7) is 3.39. The number of rotatable bonds is 9. The van der Waals surface area contributed by atoms with E-state index in [-0.39, 0.29) is 11.5 Å². The molecule has 0 atom stereocenters. The highest BCUT2D eigenvalue weighted by Gasteiger charge is 2.16. The van der Waals surface area contributed by atoms with Gasteiger partial charge in [-0.25, -0.2) is 4.98 Å². The molecular weight excluding hydrogens is 374 g/mol. The fraction of sp³-hybridized carbons (Fsp3) is 0.476. The largest absolute Gasteiger partial charge is 0.494 e. The molecule has 1 N–H and O–H groups in total. The first-order chi connectivity index (χ1) is 13.7. The minimum Gasteiger partial charge on any atom is -0.494 e. The highest BCUT2D eigenvalue weighted by atomic mass is 32.2. The molecule has 1 aliphatic rings. The van der Waals surface area contributed by atoms with Crippen LogP contribution in [-0.4, -0.2) is 39.6 Å². The number of carbonyl (C=O) groups excluding carboxylic acids is 1. The number of amides is 1. The second kappa shape index (κ2) is 10.3. The highest BCUT2D eigenvalue weighted by Crippen LogP contribution is 2.29. The van der Waals surface area contributed by atoms with E-state index in [4.69, 9.17) is 4.74 Å². The highest BCUT2D eigenvalue weighted by molar-refractivity contribution is 8.00. The molecule has 7 heteroatoms. The van der Waals surface area contributed by atoms with Gasteiger partial charge in [0.25, 0.3) is 5.56 Å². The second-order valence-corrected chi connectivity index (χ2v) is 8.12. The lowest BCUT2D eigenvalue weighted by Gasteiger charge is -2.10. The van der Waals surface area contributed by atoms with Crippen molar-refractivity contribution in [3.05, 3.63) is 47.0 Å². The van der Waals surface area contributed by atoms with E-state index in [0.29, 0.717) is 36.4 Å². The molecule has 3 rings (SSSR count). The summed E-state index contributed by atoms with van der Waals surface area (Å²) in [7, 11) is 0. The predicted octanol–water partition coefficient (Wildman–Crippen LogP) is 3.10. The summed E-state index contributed by atoms with van der Waals surface area (Å²) in [6, 6.07) is 9.03. The van der Waals surface area contributed by atoms with Crippen LogP contribution in [0.3, 0.4) is 0 Å². The summed E-state index contributed by atoms with van der Waals surface area (Å²) in [5.74, 6) is 1.32. The molecular formula is C21H27N3O3S. The zero-order chi connectivity index (χ0) is 19.8. The summed E-state index contributed by atoms with van der Waals surface area (Å²) in [4.78, 5) is 28.7. The Morgan fingerprint density at radius 2 is 2.04 bits per heavy atom. The van der Waals surface area contributed by atoms with Crippen LogP contribution in [0.2, 0.25) is 0 Å². The van der Waals surface area contributed by atoms with Crippen LogP contribution in [0.25, 0.3) is 11.3 Å². The molecule has 1 aliphatic carbocycles. The van der Waals surface area contributed by atoms with Crippen LogP contribution in [0.1, 0.15) is 32.6 Å². The van der Waals surface area contributed by atoms with Gasteiger partial charge in [0.1, 0.15) is 5.75 Å². The molecule has 1 aromatic carbocycles. The molecule has 1 fully saturated rings. The van der Waals surface area contributed by atoms with Crippen molar-refractivity contribution in [1.82, 2.24) is 14.9 Å². The fourth-order valence-electron chi connectivity index (χ4n) is 3.26. The Bertz CT molecular complexity index is 830. The van der Waals surface area contributed by atoms with Gasteiger partial charge in [0.2, 0.25) is 5.91 Å². The van der Waals surface area contributed by atoms with Crippen molar-refractivity contribution < 1.29 is 9.53 Å². The lowest BCUT2D eigenvalue weighted by Crippen LogP contribution is -2.32. The second-order valence-electron chi connectivity index (χ2n) is 6.83. The molecule has 0 aliphatic heterocycles. The van der Waals surface area contributed by atoms with Crippen molar-refractivity contribution in [2.75, 3.05) is 18.9 Å². The monoisotopic (exact) mass is 401 g/mol. The lowest BCUT2D eigenvalue weighted by molar-refractivity contribution is -0.118. The molecule has 0 spiro atoms. The van der Waals surface area contributed by atoms with Crippen LogP contribution >= 0.6 is 11.8 Å². The summed E-state index contributed by atoms with van der Waals surface area (Å²) in [5.41, 5.74) is 1.36. The predicted molar refractivity (Wildman–Crippen MR) is 113 cm³/mol. The van der Waals surface area contributed by atoms with E-state index < -0.39 is 0 Å². The Morgan fingerprint density at radius 3 is 2.71 bits per heavy atom. The summed E-state index contributed by atoms with van der Waals surface area (Å²) in [5, 5.41) is 3.52. The Kier molecular flexibility index (Phi) is 7.54. The number of carbonyl (C=O) groups is 1. The number of nitrogens with one attached hydrogen (secondary N) is 1. The van der Waals surface area contributed by atoms with Gasteiger partial charge in [-0.15, -0.1) is 11.8 Å². The normalized spacial score (nSPS) is 14.2. The molecule has 0 radical (unpaired) electrons. The number of aromatic nitrogens is 2. The van der Waals surface area contributed by atoms with E-state index in [1.807, 2.05) is 31.2 Å². The SMILES string of the molecule is CCOc1ccc(-c2cc(=O)n(CCNC(=O)CSC3CCCC3)cn2)cc1. The van der Waals surface area contributed by atoms with Crippen molar-refractivity contribution in [2.45, 2.75) is 44.4 Å². The summed E-state index contributed by atoms with van der Waals surface area (Å²) < 4.78 is 6.94. The van der Waals surface area contributed by atoms with Crippen LogP contribution < -0.4 is 15.6 Å².